The minimum absolute atomic E-state index is 0.217. The van der Waals surface area contributed by atoms with Gasteiger partial charge >= 0.3 is 0 Å². The molecule has 3 aromatic carbocycles. The molecule has 0 saturated carbocycles. The van der Waals surface area contributed by atoms with Crippen molar-refractivity contribution in [3.8, 4) is 17.2 Å². The quantitative estimate of drug-likeness (QED) is 0.230. The molecule has 0 bridgehead atoms. The molecule has 0 heterocycles. The van der Waals surface area contributed by atoms with Crippen LogP contribution in [0.2, 0.25) is 15.1 Å². The van der Waals surface area contributed by atoms with Gasteiger partial charge in [0.2, 0.25) is 0 Å². The van der Waals surface area contributed by atoms with Crippen LogP contribution in [0, 0.1) is 0 Å². The lowest BCUT2D eigenvalue weighted by Gasteiger charge is -2.13. The first kappa shape index (κ1) is 23.7. The molecular formula is C23H19Cl3N2O4. The monoisotopic (exact) mass is 492 g/mol. The molecule has 3 rings (SSSR count). The highest BCUT2D eigenvalue weighted by molar-refractivity contribution is 6.36. The van der Waals surface area contributed by atoms with Gasteiger partial charge in [0.1, 0.15) is 30.5 Å². The van der Waals surface area contributed by atoms with Crippen molar-refractivity contribution in [1.29, 1.82) is 0 Å². The largest absolute Gasteiger partial charge is 0.497 e. The predicted molar refractivity (Wildman–Crippen MR) is 127 cm³/mol. The summed E-state index contributed by atoms with van der Waals surface area (Å²) < 4.78 is 16.6. The highest BCUT2D eigenvalue weighted by atomic mass is 35.5. The van der Waals surface area contributed by atoms with Gasteiger partial charge < -0.3 is 14.2 Å². The van der Waals surface area contributed by atoms with Gasteiger partial charge in [-0.1, -0.05) is 46.9 Å². The molecule has 32 heavy (non-hydrogen) atoms. The normalized spacial score (nSPS) is 10.8. The third-order valence-electron chi connectivity index (χ3n) is 4.13. The van der Waals surface area contributed by atoms with Crippen molar-refractivity contribution in [3.63, 3.8) is 0 Å². The fourth-order valence-corrected chi connectivity index (χ4v) is 3.43. The molecule has 166 valence electrons. The van der Waals surface area contributed by atoms with Gasteiger partial charge in [0, 0.05) is 27.2 Å². The fourth-order valence-electron chi connectivity index (χ4n) is 2.68. The Morgan fingerprint density at radius 2 is 1.69 bits per heavy atom. The molecule has 0 aliphatic carbocycles. The van der Waals surface area contributed by atoms with Crippen molar-refractivity contribution in [1.82, 2.24) is 5.43 Å². The summed E-state index contributed by atoms with van der Waals surface area (Å²) in [5.74, 6) is 1.31. The summed E-state index contributed by atoms with van der Waals surface area (Å²) in [5, 5.41) is 5.14. The van der Waals surface area contributed by atoms with Crippen LogP contribution in [0.1, 0.15) is 15.9 Å². The first-order valence-corrected chi connectivity index (χ1v) is 10.6. The predicted octanol–water partition coefficient (Wildman–Crippen LogP) is 5.88. The van der Waals surface area contributed by atoms with Crippen molar-refractivity contribution in [3.05, 3.63) is 86.9 Å². The second kappa shape index (κ2) is 11.6. The zero-order valence-electron chi connectivity index (χ0n) is 17.0. The number of amides is 1. The number of nitrogens with one attached hydrogen (secondary N) is 1. The summed E-state index contributed by atoms with van der Waals surface area (Å²) in [6.07, 6.45) is 1.40. The molecule has 0 radical (unpaired) electrons. The number of hydrazone groups is 1. The molecule has 6 nitrogen and oxygen atoms in total. The molecule has 0 aliphatic heterocycles. The summed E-state index contributed by atoms with van der Waals surface area (Å²) in [5.41, 5.74) is 3.31. The Bertz CT molecular complexity index is 1120. The molecular weight excluding hydrogens is 475 g/mol. The van der Waals surface area contributed by atoms with E-state index < -0.39 is 5.91 Å². The molecule has 0 saturated heterocycles. The van der Waals surface area contributed by atoms with E-state index in [9.17, 15) is 4.79 Å². The Hall–Kier alpha value is -2.93. The fraction of sp³-hybridized carbons (Fsp3) is 0.130. The van der Waals surface area contributed by atoms with E-state index in [0.29, 0.717) is 43.4 Å². The van der Waals surface area contributed by atoms with Crippen LogP contribution in [0.4, 0.5) is 0 Å². The number of hydrogen-bond acceptors (Lipinski definition) is 5. The Labute approximate surface area is 200 Å². The lowest BCUT2D eigenvalue weighted by Crippen LogP contribution is -2.17. The number of hydrogen-bond donors (Lipinski definition) is 1. The van der Waals surface area contributed by atoms with E-state index in [0.717, 1.165) is 0 Å². The molecule has 0 atom stereocenters. The maximum absolute atomic E-state index is 12.2. The number of carbonyl (C=O) groups is 1. The number of rotatable bonds is 9. The van der Waals surface area contributed by atoms with E-state index in [1.54, 1.807) is 49.6 Å². The molecule has 3 aromatic rings. The van der Waals surface area contributed by atoms with Crippen molar-refractivity contribution in [2.45, 2.75) is 0 Å². The Morgan fingerprint density at radius 3 is 2.47 bits per heavy atom. The van der Waals surface area contributed by atoms with Crippen LogP contribution in [0.5, 0.6) is 17.2 Å². The van der Waals surface area contributed by atoms with E-state index in [2.05, 4.69) is 10.5 Å². The molecule has 0 aromatic heterocycles. The standard InChI is InChI=1S/C23H19Cl3N2O4/c1-30-19-6-3-7-20(13-19)31-8-9-32-22-16(11-18(25)12-21(22)26)14-27-28-23(29)15-4-2-5-17(24)10-15/h2-7,10-14H,8-9H2,1H3,(H,28,29). The molecule has 1 N–H and O–H groups in total. The average molecular weight is 494 g/mol. The second-order valence-corrected chi connectivity index (χ2v) is 7.67. The number of halogens is 3. The van der Waals surface area contributed by atoms with Crippen LogP contribution in [0.3, 0.4) is 0 Å². The number of methoxy groups -OCH3 is 1. The Kier molecular flexibility index (Phi) is 8.62. The minimum Gasteiger partial charge on any atom is -0.497 e. The molecule has 9 heteroatoms. The topological polar surface area (TPSA) is 69.2 Å². The van der Waals surface area contributed by atoms with Crippen LogP contribution in [-0.4, -0.2) is 32.4 Å². The van der Waals surface area contributed by atoms with E-state index in [4.69, 9.17) is 49.0 Å². The number of ether oxygens (including phenoxy) is 3. The van der Waals surface area contributed by atoms with Crippen LogP contribution in [0.25, 0.3) is 0 Å². The maximum atomic E-state index is 12.2. The highest BCUT2D eigenvalue weighted by Crippen LogP contribution is 2.31. The molecule has 0 spiro atoms. The number of nitrogens with zero attached hydrogens (tertiary/aromatic N) is 1. The van der Waals surface area contributed by atoms with Crippen molar-refractivity contribution >= 4 is 46.9 Å². The summed E-state index contributed by atoms with van der Waals surface area (Å²) in [6, 6.07) is 17.0. The van der Waals surface area contributed by atoms with Gasteiger partial charge in [-0.05, 0) is 42.5 Å². The summed E-state index contributed by atoms with van der Waals surface area (Å²) >= 11 is 18.3. The van der Waals surface area contributed by atoms with E-state index in [1.165, 1.54) is 6.21 Å². The minimum atomic E-state index is -0.411. The summed E-state index contributed by atoms with van der Waals surface area (Å²) in [7, 11) is 1.59. The first-order chi connectivity index (χ1) is 15.5. The SMILES string of the molecule is COc1cccc(OCCOc2c(Cl)cc(Cl)cc2C=NNC(=O)c2cccc(Cl)c2)c1. The zero-order valence-corrected chi connectivity index (χ0v) is 19.2. The lowest BCUT2D eigenvalue weighted by atomic mass is 10.2. The van der Waals surface area contributed by atoms with Crippen molar-refractivity contribution in [2.24, 2.45) is 5.10 Å². The van der Waals surface area contributed by atoms with Gasteiger partial charge in [0.25, 0.3) is 5.91 Å². The third kappa shape index (κ3) is 6.79. The van der Waals surface area contributed by atoms with Crippen LogP contribution in [-0.2, 0) is 0 Å². The van der Waals surface area contributed by atoms with Crippen molar-refractivity contribution in [2.75, 3.05) is 20.3 Å². The molecule has 0 fully saturated rings. The lowest BCUT2D eigenvalue weighted by molar-refractivity contribution is 0.0955. The summed E-state index contributed by atoms with van der Waals surface area (Å²) in [4.78, 5) is 12.2. The average Bonchev–Trinajstić information content (AvgIpc) is 2.78. The van der Waals surface area contributed by atoms with E-state index in [1.807, 2.05) is 18.2 Å². The molecule has 0 aliphatic rings. The molecule has 0 unspecified atom stereocenters. The second-order valence-electron chi connectivity index (χ2n) is 6.39. The van der Waals surface area contributed by atoms with E-state index in [-0.39, 0.29) is 13.2 Å². The van der Waals surface area contributed by atoms with Crippen LogP contribution >= 0.6 is 34.8 Å². The van der Waals surface area contributed by atoms with Gasteiger partial charge in [0.15, 0.2) is 0 Å². The molecule has 1 amide bonds. The van der Waals surface area contributed by atoms with Crippen molar-refractivity contribution < 1.29 is 19.0 Å². The Balaban J connectivity index is 1.62. The van der Waals surface area contributed by atoms with Gasteiger partial charge in [-0.2, -0.15) is 5.10 Å². The smallest absolute Gasteiger partial charge is 0.271 e. The highest BCUT2D eigenvalue weighted by Gasteiger charge is 2.11. The first-order valence-electron chi connectivity index (χ1n) is 9.44. The maximum Gasteiger partial charge on any atom is 0.271 e. The van der Waals surface area contributed by atoms with E-state index >= 15 is 0 Å². The number of carbonyl (C=O) groups excluding carboxylic acids is 1. The zero-order chi connectivity index (χ0) is 22.9. The third-order valence-corrected chi connectivity index (χ3v) is 4.87. The number of benzene rings is 3. The van der Waals surface area contributed by atoms with Gasteiger partial charge in [-0.3, -0.25) is 4.79 Å². The summed E-state index contributed by atoms with van der Waals surface area (Å²) in [6.45, 7) is 0.489. The van der Waals surface area contributed by atoms with Crippen LogP contribution < -0.4 is 19.6 Å². The van der Waals surface area contributed by atoms with Crippen LogP contribution in [0.15, 0.2) is 65.8 Å². The Morgan fingerprint density at radius 1 is 0.938 bits per heavy atom. The van der Waals surface area contributed by atoms with Gasteiger partial charge in [-0.15, -0.1) is 0 Å². The van der Waals surface area contributed by atoms with Gasteiger partial charge in [-0.25, -0.2) is 5.43 Å². The van der Waals surface area contributed by atoms with Gasteiger partial charge in [0.05, 0.1) is 18.3 Å².